The zero-order valence-corrected chi connectivity index (χ0v) is 11.5. The molecular weight excluding hydrogens is 252 g/mol. The molecule has 0 saturated carbocycles. The van der Waals surface area contributed by atoms with Crippen molar-refractivity contribution in [1.82, 2.24) is 10.3 Å². The first-order valence-electron chi connectivity index (χ1n) is 6.78. The summed E-state index contributed by atoms with van der Waals surface area (Å²) in [5, 5.41) is 3.29. The van der Waals surface area contributed by atoms with Crippen molar-refractivity contribution in [3.8, 4) is 0 Å². The number of unbranched alkanes of at least 4 members (excludes halogenated alkanes) is 1. The highest BCUT2D eigenvalue weighted by atomic mass is 16.1. The molecule has 4 heteroatoms. The van der Waals surface area contributed by atoms with E-state index in [1.807, 2.05) is 18.2 Å². The predicted octanol–water partition coefficient (Wildman–Crippen LogP) is 2.52. The lowest BCUT2D eigenvalue weighted by Gasteiger charge is -2.33. The Balaban J connectivity index is 2.32. The van der Waals surface area contributed by atoms with Gasteiger partial charge in [0.05, 0.1) is 11.2 Å². The number of hydrogen-bond acceptors (Lipinski definition) is 4. The van der Waals surface area contributed by atoms with Gasteiger partial charge < -0.3 is 5.32 Å². The maximum absolute atomic E-state index is 10.8. The molecule has 1 atom stereocenters. The number of nitrogens with one attached hydrogen (secondary N) is 1. The predicted molar refractivity (Wildman–Crippen MR) is 77.3 cm³/mol. The van der Waals surface area contributed by atoms with E-state index in [9.17, 15) is 9.59 Å². The summed E-state index contributed by atoms with van der Waals surface area (Å²) in [6.07, 6.45) is 11.7. The van der Waals surface area contributed by atoms with Crippen LogP contribution in [0.5, 0.6) is 0 Å². The number of pyridine rings is 1. The van der Waals surface area contributed by atoms with Gasteiger partial charge in [0.2, 0.25) is 0 Å². The van der Waals surface area contributed by atoms with Gasteiger partial charge in [-0.3, -0.25) is 14.6 Å². The minimum Gasteiger partial charge on any atom is -0.376 e. The molecule has 0 bridgehead atoms. The van der Waals surface area contributed by atoms with Crippen molar-refractivity contribution in [2.45, 2.75) is 31.7 Å². The number of rotatable bonds is 6. The number of allylic oxidation sites excluding steroid dienone is 2. The molecule has 0 saturated heterocycles. The summed E-state index contributed by atoms with van der Waals surface area (Å²) in [6, 6.07) is 3.62. The summed E-state index contributed by atoms with van der Waals surface area (Å²) in [5.74, 6) is 0. The van der Waals surface area contributed by atoms with Crippen LogP contribution in [0, 0.1) is 0 Å². The van der Waals surface area contributed by atoms with E-state index in [1.165, 1.54) is 0 Å². The van der Waals surface area contributed by atoms with Crippen molar-refractivity contribution in [2.75, 3.05) is 0 Å². The zero-order valence-electron chi connectivity index (χ0n) is 11.5. The average molecular weight is 270 g/mol. The van der Waals surface area contributed by atoms with Gasteiger partial charge in [-0.1, -0.05) is 31.9 Å². The Morgan fingerprint density at radius 2 is 2.15 bits per heavy atom. The van der Waals surface area contributed by atoms with Gasteiger partial charge in [-0.2, -0.15) is 0 Å². The third-order valence-electron chi connectivity index (χ3n) is 3.50. The number of aromatic nitrogens is 1. The Morgan fingerprint density at radius 1 is 1.30 bits per heavy atom. The van der Waals surface area contributed by atoms with Crippen LogP contribution in [0.2, 0.25) is 0 Å². The van der Waals surface area contributed by atoms with Gasteiger partial charge in [0.25, 0.3) is 0 Å². The first kappa shape index (κ1) is 14.2. The van der Waals surface area contributed by atoms with Crippen LogP contribution in [0.4, 0.5) is 0 Å². The minimum atomic E-state index is -0.399. The van der Waals surface area contributed by atoms with Gasteiger partial charge in [0.1, 0.15) is 0 Å². The molecule has 0 amide bonds. The molecule has 0 aliphatic carbocycles. The second-order valence-corrected chi connectivity index (χ2v) is 4.91. The van der Waals surface area contributed by atoms with E-state index in [-0.39, 0.29) is 0 Å². The molecule has 0 fully saturated rings. The number of nitrogens with zero attached hydrogens (tertiary/aromatic N) is 1. The molecule has 1 unspecified atom stereocenters. The van der Waals surface area contributed by atoms with E-state index in [1.54, 1.807) is 18.5 Å². The molecule has 1 aromatic heterocycles. The fraction of sp³-hybridized carbons (Fsp3) is 0.312. The van der Waals surface area contributed by atoms with E-state index >= 15 is 0 Å². The van der Waals surface area contributed by atoms with Gasteiger partial charge in [0.15, 0.2) is 12.6 Å². The van der Waals surface area contributed by atoms with Gasteiger partial charge in [-0.05, 0) is 18.6 Å². The van der Waals surface area contributed by atoms with E-state index in [0.29, 0.717) is 11.1 Å². The molecule has 104 valence electrons. The van der Waals surface area contributed by atoms with Crippen molar-refractivity contribution in [3.05, 3.63) is 53.5 Å². The highest BCUT2D eigenvalue weighted by Crippen LogP contribution is 2.30. The normalized spacial score (nSPS) is 20.9. The van der Waals surface area contributed by atoms with Crippen LogP contribution >= 0.6 is 0 Å². The Labute approximate surface area is 118 Å². The van der Waals surface area contributed by atoms with Crippen LogP contribution in [0.1, 0.15) is 42.2 Å². The fourth-order valence-corrected chi connectivity index (χ4v) is 2.26. The Morgan fingerprint density at radius 3 is 2.65 bits per heavy atom. The molecule has 0 aromatic carbocycles. The van der Waals surface area contributed by atoms with Crippen molar-refractivity contribution in [1.29, 1.82) is 0 Å². The molecule has 0 radical (unpaired) electrons. The minimum absolute atomic E-state index is 0.399. The highest BCUT2D eigenvalue weighted by molar-refractivity contribution is 5.78. The molecule has 1 aliphatic heterocycles. The summed E-state index contributed by atoms with van der Waals surface area (Å²) in [6.45, 7) is 2.13. The highest BCUT2D eigenvalue weighted by Gasteiger charge is 2.30. The molecule has 4 nitrogen and oxygen atoms in total. The smallest absolute Gasteiger partial charge is 0.151 e. The van der Waals surface area contributed by atoms with Crippen LogP contribution in [0.3, 0.4) is 0 Å². The molecule has 1 N–H and O–H groups in total. The van der Waals surface area contributed by atoms with Crippen LogP contribution in [0.15, 0.2) is 42.3 Å². The number of carbonyl (C=O) groups is 2. The zero-order chi connectivity index (χ0) is 14.4. The first-order valence-corrected chi connectivity index (χ1v) is 6.78. The van der Waals surface area contributed by atoms with Gasteiger partial charge >= 0.3 is 0 Å². The van der Waals surface area contributed by atoms with Crippen LogP contribution in [-0.2, 0) is 10.3 Å². The standard InChI is InChI=1S/C16H18N2O2/c1-2-3-7-16(8-6-14(12-20)10-18-16)15-5-4-13(11-19)9-17-15/h4-6,8-12,18H,2-3,7H2,1H3. The first-order chi connectivity index (χ1) is 9.74. The number of carbonyl (C=O) groups excluding carboxylic acids is 2. The van der Waals surface area contributed by atoms with Gasteiger partial charge in [0, 0.05) is 23.5 Å². The largest absolute Gasteiger partial charge is 0.376 e. The lowest BCUT2D eigenvalue weighted by atomic mass is 9.86. The van der Waals surface area contributed by atoms with Crippen molar-refractivity contribution < 1.29 is 9.59 Å². The van der Waals surface area contributed by atoms with Crippen LogP contribution < -0.4 is 5.32 Å². The van der Waals surface area contributed by atoms with Gasteiger partial charge in [-0.25, -0.2) is 0 Å². The second-order valence-electron chi connectivity index (χ2n) is 4.91. The van der Waals surface area contributed by atoms with E-state index in [0.717, 1.165) is 37.5 Å². The lowest BCUT2D eigenvalue weighted by molar-refractivity contribution is -0.104. The Bertz CT molecular complexity index is 546. The van der Waals surface area contributed by atoms with Crippen LogP contribution in [0.25, 0.3) is 0 Å². The quantitative estimate of drug-likeness (QED) is 0.807. The summed E-state index contributed by atoms with van der Waals surface area (Å²) < 4.78 is 0. The number of hydrogen-bond donors (Lipinski definition) is 1. The molecular formula is C16H18N2O2. The summed E-state index contributed by atoms with van der Waals surface area (Å²) >= 11 is 0. The van der Waals surface area contributed by atoms with E-state index in [2.05, 4.69) is 17.2 Å². The molecule has 20 heavy (non-hydrogen) atoms. The molecule has 1 aliphatic rings. The Kier molecular flexibility index (Phi) is 4.45. The Hall–Kier alpha value is -2.23. The summed E-state index contributed by atoms with van der Waals surface area (Å²) in [7, 11) is 0. The summed E-state index contributed by atoms with van der Waals surface area (Å²) in [4.78, 5) is 25.9. The lowest BCUT2D eigenvalue weighted by Crippen LogP contribution is -2.40. The summed E-state index contributed by atoms with van der Waals surface area (Å²) in [5.41, 5.74) is 1.63. The maximum atomic E-state index is 10.8. The second kappa shape index (κ2) is 6.28. The van der Waals surface area contributed by atoms with E-state index in [4.69, 9.17) is 0 Å². The van der Waals surface area contributed by atoms with Crippen molar-refractivity contribution >= 4 is 12.6 Å². The third-order valence-corrected chi connectivity index (χ3v) is 3.50. The van der Waals surface area contributed by atoms with Crippen LogP contribution in [-0.4, -0.2) is 17.6 Å². The van der Waals surface area contributed by atoms with Gasteiger partial charge in [-0.15, -0.1) is 0 Å². The average Bonchev–Trinajstić information content (AvgIpc) is 2.53. The number of aldehydes is 2. The molecule has 2 rings (SSSR count). The third kappa shape index (κ3) is 2.85. The molecule has 0 spiro atoms. The SMILES string of the molecule is CCCCC1(c2ccc(C=O)cn2)C=CC(C=O)=CN1. The monoisotopic (exact) mass is 270 g/mol. The van der Waals surface area contributed by atoms with E-state index < -0.39 is 5.54 Å². The molecule has 1 aromatic rings. The maximum Gasteiger partial charge on any atom is 0.151 e. The number of dihydropyridines is 1. The molecule has 2 heterocycles. The fourth-order valence-electron chi connectivity index (χ4n) is 2.26. The van der Waals surface area contributed by atoms with Crippen molar-refractivity contribution in [2.24, 2.45) is 0 Å². The topological polar surface area (TPSA) is 59.1 Å². The van der Waals surface area contributed by atoms with Crippen molar-refractivity contribution in [3.63, 3.8) is 0 Å².